The second-order valence-corrected chi connectivity index (χ2v) is 10.7. The van der Waals surface area contributed by atoms with E-state index in [1.54, 1.807) is 13.8 Å². The molecule has 1 aliphatic carbocycles. The van der Waals surface area contributed by atoms with Crippen molar-refractivity contribution in [2.75, 3.05) is 0 Å². The average Bonchev–Trinajstić information content (AvgIpc) is 3.41. The second kappa shape index (κ2) is 18.3. The summed E-state index contributed by atoms with van der Waals surface area (Å²) in [5.74, 6) is 3.64. The SMILES string of the molecule is C=C(N)/N=C(C)\C(C(=N)Sc1ccccc1Oc1ccccc1)=C(/C)N.CCC.CC[C@@H](C)C1CCCC1. The van der Waals surface area contributed by atoms with E-state index in [1.165, 1.54) is 50.3 Å². The lowest BCUT2D eigenvalue weighted by Crippen LogP contribution is -2.14. The summed E-state index contributed by atoms with van der Waals surface area (Å²) in [4.78, 5) is 4.93. The number of hydrogen-bond donors (Lipinski definition) is 3. The highest BCUT2D eigenvalue weighted by Gasteiger charge is 2.19. The van der Waals surface area contributed by atoms with Gasteiger partial charge in [-0.25, -0.2) is 4.99 Å². The summed E-state index contributed by atoms with van der Waals surface area (Å²) >= 11 is 1.25. The Bertz CT molecular complexity index is 1050. The van der Waals surface area contributed by atoms with E-state index in [4.69, 9.17) is 21.6 Å². The van der Waals surface area contributed by atoms with Crippen molar-refractivity contribution >= 4 is 22.5 Å². The Balaban J connectivity index is 0.000000497. The van der Waals surface area contributed by atoms with Crippen molar-refractivity contribution in [1.29, 1.82) is 5.41 Å². The van der Waals surface area contributed by atoms with E-state index >= 15 is 0 Å². The van der Waals surface area contributed by atoms with Crippen LogP contribution >= 0.6 is 11.8 Å². The molecule has 3 rings (SSSR count). The van der Waals surface area contributed by atoms with Crippen LogP contribution in [0.5, 0.6) is 11.5 Å². The number of nitrogens with one attached hydrogen (secondary N) is 1. The van der Waals surface area contributed by atoms with E-state index in [2.05, 4.69) is 39.3 Å². The fraction of sp³-hybridized carbons (Fsp3) is 0.438. The molecule has 1 atom stereocenters. The summed E-state index contributed by atoms with van der Waals surface area (Å²) in [5, 5.41) is 8.74. The van der Waals surface area contributed by atoms with Gasteiger partial charge in [-0.1, -0.05) is 115 Å². The summed E-state index contributed by atoms with van der Waals surface area (Å²) < 4.78 is 5.95. The van der Waals surface area contributed by atoms with Gasteiger partial charge in [-0.2, -0.15) is 0 Å². The minimum Gasteiger partial charge on any atom is -0.456 e. The van der Waals surface area contributed by atoms with Crippen molar-refractivity contribution in [3.63, 3.8) is 0 Å². The van der Waals surface area contributed by atoms with Crippen LogP contribution in [0.15, 0.2) is 88.2 Å². The van der Waals surface area contributed by atoms with Crippen LogP contribution in [0.25, 0.3) is 0 Å². The number of benzene rings is 2. The number of thioether (sulfide) groups is 1. The molecule has 0 saturated heterocycles. The lowest BCUT2D eigenvalue weighted by Gasteiger charge is -2.15. The van der Waals surface area contributed by atoms with Crippen molar-refractivity contribution in [1.82, 2.24) is 0 Å². The number of nitrogens with zero attached hydrogens (tertiary/aromatic N) is 1. The van der Waals surface area contributed by atoms with E-state index in [9.17, 15) is 0 Å². The monoisotopic (exact) mass is 536 g/mol. The molecule has 1 aliphatic rings. The van der Waals surface area contributed by atoms with E-state index in [1.807, 2.05) is 54.6 Å². The molecule has 0 unspecified atom stereocenters. The zero-order chi connectivity index (χ0) is 28.5. The van der Waals surface area contributed by atoms with Gasteiger partial charge >= 0.3 is 0 Å². The van der Waals surface area contributed by atoms with Crippen molar-refractivity contribution in [2.24, 2.45) is 28.3 Å². The highest BCUT2D eigenvalue weighted by Crippen LogP contribution is 2.35. The fourth-order valence-corrected chi connectivity index (χ4v) is 5.14. The Morgan fingerprint density at radius 1 is 1.03 bits per heavy atom. The molecular formula is C32H48N4OS. The molecule has 38 heavy (non-hydrogen) atoms. The Labute approximate surface area is 235 Å². The van der Waals surface area contributed by atoms with Crippen molar-refractivity contribution in [2.45, 2.75) is 85.0 Å². The Morgan fingerprint density at radius 3 is 2.11 bits per heavy atom. The van der Waals surface area contributed by atoms with Crippen LogP contribution in [0.2, 0.25) is 0 Å². The lowest BCUT2D eigenvalue weighted by molar-refractivity contribution is 0.357. The highest BCUT2D eigenvalue weighted by atomic mass is 32.2. The number of rotatable bonds is 8. The van der Waals surface area contributed by atoms with Gasteiger partial charge in [-0.05, 0) is 49.9 Å². The lowest BCUT2D eigenvalue weighted by atomic mass is 9.91. The van der Waals surface area contributed by atoms with E-state index in [0.717, 1.165) is 22.5 Å². The average molecular weight is 537 g/mol. The molecule has 1 fully saturated rings. The summed E-state index contributed by atoms with van der Waals surface area (Å²) in [7, 11) is 0. The normalized spacial score (nSPS) is 14.7. The number of allylic oxidation sites excluding steroid dienone is 1. The van der Waals surface area contributed by atoms with Gasteiger partial charge in [-0.15, -0.1) is 0 Å². The number of nitrogens with two attached hydrogens (primary N) is 2. The number of para-hydroxylation sites is 2. The smallest absolute Gasteiger partial charge is 0.141 e. The summed E-state index contributed by atoms with van der Waals surface area (Å²) in [6.45, 7) is 16.0. The predicted octanol–water partition coefficient (Wildman–Crippen LogP) is 9.31. The van der Waals surface area contributed by atoms with E-state index in [0.29, 0.717) is 22.7 Å². The number of ether oxygens (including phenoxy) is 1. The van der Waals surface area contributed by atoms with E-state index < -0.39 is 0 Å². The molecule has 5 nitrogen and oxygen atoms in total. The van der Waals surface area contributed by atoms with Crippen LogP contribution in [0.1, 0.15) is 80.1 Å². The maximum Gasteiger partial charge on any atom is 0.141 e. The molecule has 0 bridgehead atoms. The largest absolute Gasteiger partial charge is 0.456 e. The van der Waals surface area contributed by atoms with E-state index in [-0.39, 0.29) is 10.9 Å². The minimum absolute atomic E-state index is 0.173. The van der Waals surface area contributed by atoms with Gasteiger partial charge in [0, 0.05) is 11.3 Å². The standard InChI is InChI=1S/C20H22N4OS.C9H18.C3H8/c1-13(21)19(14(2)24-15(3)22)20(23)26-18-12-8-7-11-17(18)25-16-9-5-4-6-10-16;1-3-8(2)9-6-4-5-7-9;1-3-2/h4-12,23H,3,21-22H2,1-2H3;8-9H,3-7H2,1-2H3;3H2,1-2H3/b19-13-,23-20?,24-14-;;/t;8-;/m.1./s1. The second-order valence-electron chi connectivity index (χ2n) is 9.68. The maximum absolute atomic E-state index is 8.48. The molecule has 2 aromatic rings. The molecule has 2 aromatic carbocycles. The molecule has 0 amide bonds. The fourth-order valence-electron chi connectivity index (χ4n) is 4.16. The van der Waals surface area contributed by atoms with Crippen molar-refractivity contribution < 1.29 is 4.74 Å². The molecule has 1 saturated carbocycles. The Morgan fingerprint density at radius 2 is 1.58 bits per heavy atom. The van der Waals surface area contributed by atoms with Gasteiger partial charge in [0.25, 0.3) is 0 Å². The first-order valence-corrected chi connectivity index (χ1v) is 14.5. The van der Waals surface area contributed by atoms with Crippen LogP contribution in [0.4, 0.5) is 0 Å². The van der Waals surface area contributed by atoms with Gasteiger partial charge in [0.15, 0.2) is 0 Å². The van der Waals surface area contributed by atoms with Crippen LogP contribution in [-0.2, 0) is 0 Å². The van der Waals surface area contributed by atoms with Gasteiger partial charge in [0.2, 0.25) is 0 Å². The maximum atomic E-state index is 8.48. The summed E-state index contributed by atoms with van der Waals surface area (Å²) in [6, 6.07) is 17.1. The molecule has 0 aromatic heterocycles. The number of hydrogen-bond acceptors (Lipinski definition) is 6. The Hall–Kier alpha value is -2.99. The number of aliphatic imine (C=N–C) groups is 1. The van der Waals surface area contributed by atoms with Gasteiger partial charge in [0.05, 0.1) is 10.6 Å². The zero-order valence-electron chi connectivity index (χ0n) is 24.2. The summed E-state index contributed by atoms with van der Waals surface area (Å²) in [6.07, 6.45) is 8.64. The van der Waals surface area contributed by atoms with Gasteiger partial charge in [-0.3, -0.25) is 5.41 Å². The van der Waals surface area contributed by atoms with Crippen molar-refractivity contribution in [3.05, 3.63) is 78.3 Å². The third kappa shape index (κ3) is 12.0. The minimum atomic E-state index is 0.173. The van der Waals surface area contributed by atoms with Gasteiger partial charge in [0.1, 0.15) is 22.4 Å². The molecule has 0 spiro atoms. The quantitative estimate of drug-likeness (QED) is 0.178. The van der Waals surface area contributed by atoms with Crippen LogP contribution in [-0.4, -0.2) is 10.8 Å². The zero-order valence-corrected chi connectivity index (χ0v) is 25.0. The topological polar surface area (TPSA) is 97.5 Å². The first-order chi connectivity index (χ1) is 18.1. The molecule has 0 radical (unpaired) electrons. The molecule has 0 heterocycles. The predicted molar refractivity (Wildman–Crippen MR) is 167 cm³/mol. The van der Waals surface area contributed by atoms with Crippen LogP contribution < -0.4 is 16.2 Å². The first-order valence-electron chi connectivity index (χ1n) is 13.7. The first kappa shape index (κ1) is 33.0. The molecule has 208 valence electrons. The summed E-state index contributed by atoms with van der Waals surface area (Å²) in [5.41, 5.74) is 13.1. The van der Waals surface area contributed by atoms with Crippen LogP contribution in [0.3, 0.4) is 0 Å². The molecule has 0 aliphatic heterocycles. The van der Waals surface area contributed by atoms with Crippen LogP contribution in [0, 0.1) is 17.2 Å². The molecule has 6 heteroatoms. The van der Waals surface area contributed by atoms with Gasteiger partial charge < -0.3 is 16.2 Å². The third-order valence-corrected chi connectivity index (χ3v) is 7.14. The molecular weight excluding hydrogens is 488 g/mol. The highest BCUT2D eigenvalue weighted by molar-refractivity contribution is 8.14. The third-order valence-electron chi connectivity index (χ3n) is 6.18. The Kier molecular flexibility index (Phi) is 15.9. The van der Waals surface area contributed by atoms with Crippen molar-refractivity contribution in [3.8, 4) is 11.5 Å². The molecule has 5 N–H and O–H groups in total.